The number of nitrogens with one attached hydrogen (secondary N) is 2. The van der Waals surface area contributed by atoms with Gasteiger partial charge in [0, 0.05) is 44.3 Å². The summed E-state index contributed by atoms with van der Waals surface area (Å²) in [4.78, 5) is 46.4. The first kappa shape index (κ1) is 15.7. The Morgan fingerprint density at radius 3 is 2.91 bits per heavy atom. The average Bonchev–Trinajstić information content (AvgIpc) is 2.73. The van der Waals surface area contributed by atoms with Crippen molar-refractivity contribution in [3.05, 3.63) is 28.4 Å². The van der Waals surface area contributed by atoms with E-state index in [0.29, 0.717) is 32.5 Å². The number of hydrogen-bond acceptors (Lipinski definition) is 5. The third-order valence-corrected chi connectivity index (χ3v) is 4.97. The van der Waals surface area contributed by atoms with Crippen molar-refractivity contribution >= 4 is 11.8 Å². The van der Waals surface area contributed by atoms with Gasteiger partial charge in [-0.1, -0.05) is 0 Å². The van der Waals surface area contributed by atoms with Gasteiger partial charge in [-0.15, -0.1) is 0 Å². The van der Waals surface area contributed by atoms with Gasteiger partial charge in [0.1, 0.15) is 5.56 Å². The molecule has 0 unspecified atom stereocenters. The predicted octanol–water partition coefficient (Wildman–Crippen LogP) is -0.804. The number of piperazine rings is 1. The Balaban J connectivity index is 1.83. The molecule has 2 aliphatic heterocycles. The first-order valence-electron chi connectivity index (χ1n) is 7.82. The summed E-state index contributed by atoms with van der Waals surface area (Å²) in [6, 6.07) is 0. The molecule has 23 heavy (non-hydrogen) atoms. The number of aromatic nitrogens is 2. The predicted molar refractivity (Wildman–Crippen MR) is 83.0 cm³/mol. The minimum atomic E-state index is -0.421. The van der Waals surface area contributed by atoms with Gasteiger partial charge in [0.05, 0.1) is 6.33 Å². The van der Waals surface area contributed by atoms with Gasteiger partial charge in [0.25, 0.3) is 11.5 Å². The first-order chi connectivity index (χ1) is 11.0. The Bertz CT molecular complexity index is 673. The molecule has 8 nitrogen and oxygen atoms in total. The molecule has 0 saturated carbocycles. The summed E-state index contributed by atoms with van der Waals surface area (Å²) in [5, 5.41) is 2.89. The highest BCUT2D eigenvalue weighted by molar-refractivity contribution is 5.93. The minimum Gasteiger partial charge on any atom is -0.356 e. The zero-order valence-corrected chi connectivity index (χ0v) is 13.2. The quantitative estimate of drug-likeness (QED) is 0.706. The molecule has 3 rings (SSSR count). The lowest BCUT2D eigenvalue weighted by Crippen LogP contribution is -2.62. The lowest BCUT2D eigenvalue weighted by Gasteiger charge is -2.49. The van der Waals surface area contributed by atoms with Crippen LogP contribution in [0, 0.1) is 0 Å². The summed E-state index contributed by atoms with van der Waals surface area (Å²) in [7, 11) is 2.04. The summed E-state index contributed by atoms with van der Waals surface area (Å²) >= 11 is 0. The number of aromatic amines is 1. The van der Waals surface area contributed by atoms with E-state index in [1.54, 1.807) is 4.90 Å². The van der Waals surface area contributed by atoms with Crippen LogP contribution in [0.5, 0.6) is 0 Å². The van der Waals surface area contributed by atoms with Crippen molar-refractivity contribution < 1.29 is 9.59 Å². The molecule has 0 bridgehead atoms. The number of hydrogen-bond donors (Lipinski definition) is 2. The highest BCUT2D eigenvalue weighted by atomic mass is 16.2. The number of H-pyrrole nitrogens is 1. The maximum Gasteiger partial charge on any atom is 0.263 e. The SMILES string of the molecule is CN1CCN(C(=O)c2cnc[nH]c2=O)C[C@]12CCNC(=O)CC2. The Kier molecular flexibility index (Phi) is 4.16. The molecule has 2 N–H and O–H groups in total. The standard InChI is InChI=1S/C15H21N5O3/c1-19-6-7-20(14(23)11-8-16-10-18-13(11)22)9-15(19)3-2-12(21)17-5-4-15/h8,10H,2-7,9H2,1H3,(H,17,21)(H,16,18,22)/t15-/m0/s1. The second-order valence-electron chi connectivity index (χ2n) is 6.27. The molecule has 0 aliphatic carbocycles. The van der Waals surface area contributed by atoms with Crippen LogP contribution in [0.25, 0.3) is 0 Å². The van der Waals surface area contributed by atoms with Crippen molar-refractivity contribution in [1.82, 2.24) is 25.1 Å². The topological polar surface area (TPSA) is 98.4 Å². The Morgan fingerprint density at radius 2 is 2.13 bits per heavy atom. The molecule has 2 fully saturated rings. The summed E-state index contributed by atoms with van der Waals surface area (Å²) in [6.45, 7) is 2.41. The lowest BCUT2D eigenvalue weighted by molar-refractivity contribution is -0.121. The van der Waals surface area contributed by atoms with Gasteiger partial charge >= 0.3 is 0 Å². The van der Waals surface area contributed by atoms with Crippen LogP contribution in [-0.2, 0) is 4.79 Å². The molecule has 1 atom stereocenters. The fraction of sp³-hybridized carbons (Fsp3) is 0.600. The van der Waals surface area contributed by atoms with Crippen LogP contribution in [0.4, 0.5) is 0 Å². The van der Waals surface area contributed by atoms with Gasteiger partial charge in [-0.3, -0.25) is 19.3 Å². The van der Waals surface area contributed by atoms with E-state index in [1.807, 2.05) is 7.05 Å². The average molecular weight is 319 g/mol. The highest BCUT2D eigenvalue weighted by Crippen LogP contribution is 2.30. The molecule has 124 valence electrons. The van der Waals surface area contributed by atoms with Gasteiger partial charge in [0.2, 0.25) is 5.91 Å². The molecule has 1 aromatic heterocycles. The van der Waals surface area contributed by atoms with Crippen LogP contribution in [0.2, 0.25) is 0 Å². The normalized spacial score (nSPS) is 26.0. The Labute approximate surface area is 133 Å². The molecule has 0 aromatic carbocycles. The van der Waals surface area contributed by atoms with E-state index in [1.165, 1.54) is 12.5 Å². The van der Waals surface area contributed by atoms with Gasteiger partial charge in [0.15, 0.2) is 0 Å². The minimum absolute atomic E-state index is 0.0578. The lowest BCUT2D eigenvalue weighted by atomic mass is 9.86. The second-order valence-corrected chi connectivity index (χ2v) is 6.27. The molecule has 1 aromatic rings. The fourth-order valence-corrected chi connectivity index (χ4v) is 3.44. The summed E-state index contributed by atoms with van der Waals surface area (Å²) in [5.74, 6) is -0.238. The van der Waals surface area contributed by atoms with Crippen molar-refractivity contribution in [2.24, 2.45) is 0 Å². The molecular formula is C15H21N5O3. The van der Waals surface area contributed by atoms with Crippen LogP contribution in [0.1, 0.15) is 29.6 Å². The largest absolute Gasteiger partial charge is 0.356 e. The van der Waals surface area contributed by atoms with Crippen LogP contribution >= 0.6 is 0 Å². The number of carbonyl (C=O) groups excluding carboxylic acids is 2. The third-order valence-electron chi connectivity index (χ3n) is 4.97. The van der Waals surface area contributed by atoms with Crippen LogP contribution in [-0.4, -0.2) is 70.3 Å². The number of carbonyl (C=O) groups is 2. The number of nitrogens with zero attached hydrogens (tertiary/aromatic N) is 3. The summed E-state index contributed by atoms with van der Waals surface area (Å²) < 4.78 is 0. The van der Waals surface area contributed by atoms with Crippen LogP contribution in [0.3, 0.4) is 0 Å². The maximum absolute atomic E-state index is 12.7. The molecule has 3 heterocycles. The van der Waals surface area contributed by atoms with E-state index in [2.05, 4.69) is 20.2 Å². The number of rotatable bonds is 1. The van der Waals surface area contributed by atoms with Crippen molar-refractivity contribution in [2.75, 3.05) is 33.2 Å². The van der Waals surface area contributed by atoms with E-state index >= 15 is 0 Å². The van der Waals surface area contributed by atoms with E-state index in [4.69, 9.17) is 0 Å². The van der Waals surface area contributed by atoms with Crippen molar-refractivity contribution in [2.45, 2.75) is 24.8 Å². The van der Waals surface area contributed by atoms with E-state index in [-0.39, 0.29) is 22.9 Å². The van der Waals surface area contributed by atoms with Crippen LogP contribution < -0.4 is 10.9 Å². The fourth-order valence-electron chi connectivity index (χ4n) is 3.44. The molecule has 2 aliphatic rings. The number of amides is 2. The van der Waals surface area contributed by atoms with Crippen molar-refractivity contribution in [3.63, 3.8) is 0 Å². The first-order valence-corrected chi connectivity index (χ1v) is 7.82. The van der Waals surface area contributed by atoms with Crippen LogP contribution in [0.15, 0.2) is 17.3 Å². The second kappa shape index (κ2) is 6.11. The molecule has 0 radical (unpaired) electrons. The van der Waals surface area contributed by atoms with Gasteiger partial charge in [-0.05, 0) is 19.9 Å². The molecule has 8 heteroatoms. The van der Waals surface area contributed by atoms with Gasteiger partial charge in [-0.2, -0.15) is 0 Å². The summed E-state index contributed by atoms with van der Waals surface area (Å²) in [5.41, 5.74) is -0.576. The van der Waals surface area contributed by atoms with Crippen molar-refractivity contribution in [1.29, 1.82) is 0 Å². The summed E-state index contributed by atoms with van der Waals surface area (Å²) in [6.07, 6.45) is 4.54. The molecule has 2 saturated heterocycles. The third kappa shape index (κ3) is 2.98. The molecular weight excluding hydrogens is 298 g/mol. The van der Waals surface area contributed by atoms with Gasteiger partial charge in [-0.25, -0.2) is 4.98 Å². The molecule has 1 spiro atoms. The highest BCUT2D eigenvalue weighted by Gasteiger charge is 2.42. The Morgan fingerprint density at radius 1 is 1.30 bits per heavy atom. The molecule has 2 amide bonds. The maximum atomic E-state index is 12.7. The zero-order valence-electron chi connectivity index (χ0n) is 13.2. The zero-order chi connectivity index (χ0) is 16.4. The monoisotopic (exact) mass is 319 g/mol. The van der Waals surface area contributed by atoms with E-state index in [0.717, 1.165) is 13.0 Å². The Hall–Kier alpha value is -2.22. The van der Waals surface area contributed by atoms with E-state index < -0.39 is 5.56 Å². The van der Waals surface area contributed by atoms with Gasteiger partial charge < -0.3 is 15.2 Å². The van der Waals surface area contributed by atoms with Crippen molar-refractivity contribution in [3.8, 4) is 0 Å². The van der Waals surface area contributed by atoms with E-state index in [9.17, 15) is 14.4 Å². The number of likely N-dealkylation sites (N-methyl/N-ethyl adjacent to an activating group) is 1. The smallest absolute Gasteiger partial charge is 0.263 e.